The number of aryl methyl sites for hydroxylation is 2. The Balaban J connectivity index is 1.74. The van der Waals surface area contributed by atoms with E-state index in [0.29, 0.717) is 29.2 Å². The first kappa shape index (κ1) is 21.4. The second-order valence-electron chi connectivity index (χ2n) is 7.66. The minimum Gasteiger partial charge on any atom is -0.494 e. The van der Waals surface area contributed by atoms with Gasteiger partial charge in [0.05, 0.1) is 17.9 Å². The molecule has 4 rings (SSSR count). The molecule has 2 amide bonds. The van der Waals surface area contributed by atoms with Gasteiger partial charge in [-0.2, -0.15) is 0 Å². The molecule has 1 aliphatic heterocycles. The Morgan fingerprint density at radius 3 is 2.06 bits per heavy atom. The number of hydrogen-bond acceptors (Lipinski definition) is 4. The number of benzene rings is 3. The summed E-state index contributed by atoms with van der Waals surface area (Å²) < 4.78 is 5.49. The Labute approximate surface area is 188 Å². The van der Waals surface area contributed by atoms with Crippen LogP contribution >= 0.6 is 0 Å². The molecule has 3 aromatic carbocycles. The zero-order chi connectivity index (χ0) is 22.7. The molecule has 1 heterocycles. The second kappa shape index (κ2) is 9.10. The first-order chi connectivity index (χ1) is 15.5. The average Bonchev–Trinajstić information content (AvgIpc) is 3.05. The van der Waals surface area contributed by atoms with Crippen molar-refractivity contribution in [1.82, 2.24) is 0 Å². The van der Waals surface area contributed by atoms with Crippen molar-refractivity contribution in [2.75, 3.05) is 16.8 Å². The highest BCUT2D eigenvalue weighted by Gasteiger charge is 2.40. The average molecular weight is 427 g/mol. The van der Waals surface area contributed by atoms with Gasteiger partial charge in [0.15, 0.2) is 0 Å². The maximum Gasteiger partial charge on any atom is 0.282 e. The molecule has 32 heavy (non-hydrogen) atoms. The standard InChI is InChI=1S/C27H26N2O3/c1-4-19-8-12-21(13-9-19)28-25-24(20-10-6-18(3)7-11-20)26(30)29(27(25)31)22-14-16-23(17-15-22)32-5-2/h6-17,28H,4-5H2,1-3H3. The first-order valence-corrected chi connectivity index (χ1v) is 10.8. The van der Waals surface area contributed by atoms with Crippen LogP contribution in [-0.4, -0.2) is 18.4 Å². The fourth-order valence-electron chi connectivity index (χ4n) is 3.69. The van der Waals surface area contributed by atoms with Crippen LogP contribution in [-0.2, 0) is 16.0 Å². The molecular weight excluding hydrogens is 400 g/mol. The Morgan fingerprint density at radius 2 is 1.47 bits per heavy atom. The number of hydrogen-bond donors (Lipinski definition) is 1. The maximum atomic E-state index is 13.5. The van der Waals surface area contributed by atoms with Crippen molar-refractivity contribution in [1.29, 1.82) is 0 Å². The largest absolute Gasteiger partial charge is 0.494 e. The number of amides is 2. The lowest BCUT2D eigenvalue weighted by Crippen LogP contribution is -2.32. The molecule has 0 saturated carbocycles. The number of anilines is 2. The third-order valence-electron chi connectivity index (χ3n) is 5.46. The SMILES string of the molecule is CCOc1ccc(N2C(=O)C(Nc3ccc(CC)cc3)=C(c3ccc(C)cc3)C2=O)cc1. The van der Waals surface area contributed by atoms with Crippen molar-refractivity contribution in [3.8, 4) is 5.75 Å². The van der Waals surface area contributed by atoms with Gasteiger partial charge >= 0.3 is 0 Å². The Bertz CT molecular complexity index is 1160. The predicted molar refractivity (Wildman–Crippen MR) is 128 cm³/mol. The van der Waals surface area contributed by atoms with E-state index in [9.17, 15) is 9.59 Å². The summed E-state index contributed by atoms with van der Waals surface area (Å²) in [5.41, 5.74) is 4.89. The highest BCUT2D eigenvalue weighted by atomic mass is 16.5. The summed E-state index contributed by atoms with van der Waals surface area (Å²) in [7, 11) is 0. The van der Waals surface area contributed by atoms with Crippen molar-refractivity contribution in [3.63, 3.8) is 0 Å². The van der Waals surface area contributed by atoms with Crippen LogP contribution < -0.4 is 15.0 Å². The molecule has 5 nitrogen and oxygen atoms in total. The molecule has 0 aliphatic carbocycles. The minimum atomic E-state index is -0.380. The molecule has 0 unspecified atom stereocenters. The predicted octanol–water partition coefficient (Wildman–Crippen LogP) is 5.35. The Hall–Kier alpha value is -3.86. The number of carbonyl (C=O) groups is 2. The zero-order valence-electron chi connectivity index (χ0n) is 18.5. The molecule has 0 radical (unpaired) electrons. The van der Waals surface area contributed by atoms with Gasteiger partial charge in [-0.25, -0.2) is 4.90 Å². The molecule has 0 atom stereocenters. The molecule has 162 valence electrons. The van der Waals surface area contributed by atoms with Crippen molar-refractivity contribution in [3.05, 3.63) is 95.2 Å². The molecule has 0 fully saturated rings. The van der Waals surface area contributed by atoms with Gasteiger partial charge in [0.2, 0.25) is 0 Å². The van der Waals surface area contributed by atoms with Gasteiger partial charge in [0.1, 0.15) is 11.4 Å². The number of imide groups is 1. The topological polar surface area (TPSA) is 58.6 Å². The third kappa shape index (κ3) is 4.14. The van der Waals surface area contributed by atoms with Crippen LogP contribution in [0, 0.1) is 6.92 Å². The quantitative estimate of drug-likeness (QED) is 0.517. The number of nitrogens with one attached hydrogen (secondary N) is 1. The van der Waals surface area contributed by atoms with Crippen LogP contribution in [0.25, 0.3) is 5.57 Å². The second-order valence-corrected chi connectivity index (χ2v) is 7.66. The van der Waals surface area contributed by atoms with E-state index in [4.69, 9.17) is 4.74 Å². The van der Waals surface area contributed by atoms with E-state index < -0.39 is 0 Å². The van der Waals surface area contributed by atoms with Gasteiger partial charge in [0, 0.05) is 5.69 Å². The highest BCUT2D eigenvalue weighted by molar-refractivity contribution is 6.46. The zero-order valence-corrected chi connectivity index (χ0v) is 18.5. The monoisotopic (exact) mass is 426 g/mol. The van der Waals surface area contributed by atoms with Crippen molar-refractivity contribution in [2.24, 2.45) is 0 Å². The molecule has 1 N–H and O–H groups in total. The van der Waals surface area contributed by atoms with Crippen LogP contribution in [0.2, 0.25) is 0 Å². The van der Waals surface area contributed by atoms with E-state index >= 15 is 0 Å². The normalized spacial score (nSPS) is 13.7. The van der Waals surface area contributed by atoms with E-state index in [1.807, 2.05) is 62.4 Å². The molecule has 1 aliphatic rings. The maximum absolute atomic E-state index is 13.5. The van der Waals surface area contributed by atoms with E-state index in [-0.39, 0.29) is 17.5 Å². The summed E-state index contributed by atoms with van der Waals surface area (Å²) in [6.07, 6.45) is 0.931. The molecule has 0 bridgehead atoms. The Kier molecular flexibility index (Phi) is 6.08. The van der Waals surface area contributed by atoms with Crippen LogP contribution in [0.5, 0.6) is 5.75 Å². The number of carbonyl (C=O) groups excluding carboxylic acids is 2. The summed E-state index contributed by atoms with van der Waals surface area (Å²) in [5, 5.41) is 3.21. The number of ether oxygens (including phenoxy) is 1. The van der Waals surface area contributed by atoms with Crippen LogP contribution in [0.3, 0.4) is 0 Å². The van der Waals surface area contributed by atoms with Crippen LogP contribution in [0.15, 0.2) is 78.5 Å². The fourth-order valence-corrected chi connectivity index (χ4v) is 3.69. The van der Waals surface area contributed by atoms with E-state index in [2.05, 4.69) is 12.2 Å². The third-order valence-corrected chi connectivity index (χ3v) is 5.46. The van der Waals surface area contributed by atoms with Gasteiger partial charge < -0.3 is 10.1 Å². The van der Waals surface area contributed by atoms with E-state index in [1.54, 1.807) is 24.3 Å². The lowest BCUT2D eigenvalue weighted by Gasteiger charge is -2.16. The van der Waals surface area contributed by atoms with Crippen LogP contribution in [0.4, 0.5) is 11.4 Å². The summed E-state index contributed by atoms with van der Waals surface area (Å²) in [4.78, 5) is 28.2. The van der Waals surface area contributed by atoms with Crippen molar-refractivity contribution in [2.45, 2.75) is 27.2 Å². The number of rotatable bonds is 7. The minimum absolute atomic E-state index is 0.275. The lowest BCUT2D eigenvalue weighted by atomic mass is 10.0. The molecule has 5 heteroatoms. The molecule has 3 aromatic rings. The summed E-state index contributed by atoms with van der Waals surface area (Å²) in [5.74, 6) is -0.0404. The Morgan fingerprint density at radius 1 is 0.812 bits per heavy atom. The summed E-state index contributed by atoms with van der Waals surface area (Å²) in [6.45, 7) is 6.53. The summed E-state index contributed by atoms with van der Waals surface area (Å²) >= 11 is 0. The van der Waals surface area contributed by atoms with Gasteiger partial charge in [-0.15, -0.1) is 0 Å². The van der Waals surface area contributed by atoms with Crippen LogP contribution in [0.1, 0.15) is 30.5 Å². The summed E-state index contributed by atoms with van der Waals surface area (Å²) in [6, 6.07) is 22.5. The first-order valence-electron chi connectivity index (χ1n) is 10.8. The smallest absolute Gasteiger partial charge is 0.282 e. The van der Waals surface area contributed by atoms with Crippen molar-refractivity contribution < 1.29 is 14.3 Å². The van der Waals surface area contributed by atoms with Gasteiger partial charge in [-0.3, -0.25) is 9.59 Å². The molecule has 0 aromatic heterocycles. The van der Waals surface area contributed by atoms with Gasteiger partial charge in [0.25, 0.3) is 11.8 Å². The molecule has 0 spiro atoms. The van der Waals surface area contributed by atoms with E-state index in [1.165, 1.54) is 10.5 Å². The van der Waals surface area contributed by atoms with Gasteiger partial charge in [-0.05, 0) is 67.8 Å². The van der Waals surface area contributed by atoms with Crippen molar-refractivity contribution >= 4 is 28.8 Å². The molecular formula is C27H26N2O3. The highest BCUT2D eigenvalue weighted by Crippen LogP contribution is 2.34. The molecule has 0 saturated heterocycles. The van der Waals surface area contributed by atoms with E-state index in [0.717, 1.165) is 17.7 Å². The lowest BCUT2D eigenvalue weighted by molar-refractivity contribution is -0.120. The van der Waals surface area contributed by atoms with Gasteiger partial charge in [-0.1, -0.05) is 48.9 Å². The number of nitrogens with zero attached hydrogens (tertiary/aromatic N) is 1. The fraction of sp³-hybridized carbons (Fsp3) is 0.185.